The molecule has 0 atom stereocenters. The third kappa shape index (κ3) is 8.28. The third-order valence-electron chi connectivity index (χ3n) is 1.22. The second kappa shape index (κ2) is 7.03. The van der Waals surface area contributed by atoms with E-state index in [1.165, 1.54) is 0 Å². The molecule has 6 heteroatoms. The van der Waals surface area contributed by atoms with Gasteiger partial charge in [-0.1, -0.05) is 0 Å². The molecule has 0 N–H and O–H groups in total. The Balaban J connectivity index is 3.60. The Morgan fingerprint density at radius 1 is 1.07 bits per heavy atom. The lowest BCUT2D eigenvalue weighted by molar-refractivity contribution is -0.210. The maximum atomic E-state index is 11.7. The summed E-state index contributed by atoms with van der Waals surface area (Å²) in [4.78, 5) is 0. The average Bonchev–Trinajstić information content (AvgIpc) is 2.02. The number of alkyl halides is 3. The summed E-state index contributed by atoms with van der Waals surface area (Å²) in [6.45, 7) is 2.73. The molecule has 0 radical (unpaired) electrons. The van der Waals surface area contributed by atoms with Crippen molar-refractivity contribution in [2.24, 2.45) is 0 Å². The summed E-state index contributed by atoms with van der Waals surface area (Å²) in [5.74, 6) is 0. The largest absolute Gasteiger partial charge is 0.411 e. The molecule has 0 aliphatic heterocycles. The first kappa shape index (κ1) is 13.7. The first-order valence-electron chi connectivity index (χ1n) is 4.37. The summed E-state index contributed by atoms with van der Waals surface area (Å²) < 4.78 is 49.4. The minimum atomic E-state index is -4.30. The van der Waals surface area contributed by atoms with Crippen LogP contribution in [0.25, 0.3) is 0 Å². The molecule has 0 spiro atoms. The van der Waals surface area contributed by atoms with Gasteiger partial charge in [0.05, 0.1) is 6.61 Å². The molecule has 3 nitrogen and oxygen atoms in total. The fraction of sp³-hybridized carbons (Fsp3) is 1.00. The zero-order chi connectivity index (χ0) is 11.0. The predicted octanol–water partition coefficient (Wildman–Crippen LogP) is 1.96. The van der Waals surface area contributed by atoms with Crippen molar-refractivity contribution >= 4 is 0 Å². The fourth-order valence-electron chi connectivity index (χ4n) is 0.787. The van der Waals surface area contributed by atoms with Gasteiger partial charge in [-0.15, -0.1) is 0 Å². The van der Waals surface area contributed by atoms with Gasteiger partial charge in [-0.3, -0.25) is 0 Å². The highest BCUT2D eigenvalue weighted by molar-refractivity contribution is 4.48. The summed E-state index contributed by atoms with van der Waals surface area (Å²) in [7, 11) is 0. The molecule has 0 fully saturated rings. The Morgan fingerprint density at radius 3 is 1.93 bits per heavy atom. The fourth-order valence-corrected chi connectivity index (χ4v) is 0.787. The van der Waals surface area contributed by atoms with E-state index in [1.54, 1.807) is 13.8 Å². The van der Waals surface area contributed by atoms with Crippen LogP contribution < -0.4 is 0 Å². The van der Waals surface area contributed by atoms with Gasteiger partial charge in [-0.2, -0.15) is 13.2 Å². The zero-order valence-electron chi connectivity index (χ0n) is 8.26. The lowest BCUT2D eigenvalue weighted by Crippen LogP contribution is -2.27. The molecule has 0 aliphatic rings. The first-order valence-corrected chi connectivity index (χ1v) is 4.37. The monoisotopic (exact) mass is 216 g/mol. The smallest absolute Gasteiger partial charge is 0.367 e. The van der Waals surface area contributed by atoms with E-state index in [1.807, 2.05) is 0 Å². The zero-order valence-corrected chi connectivity index (χ0v) is 8.26. The van der Waals surface area contributed by atoms with Crippen LogP contribution >= 0.6 is 0 Å². The van der Waals surface area contributed by atoms with Crippen LogP contribution in [0.5, 0.6) is 0 Å². The van der Waals surface area contributed by atoms with Crippen molar-refractivity contribution in [2.45, 2.75) is 26.3 Å². The number of halogens is 3. The van der Waals surface area contributed by atoms with E-state index < -0.39 is 19.1 Å². The summed E-state index contributed by atoms with van der Waals surface area (Å²) >= 11 is 0. The van der Waals surface area contributed by atoms with E-state index >= 15 is 0 Å². The molecule has 0 rings (SSSR count). The third-order valence-corrected chi connectivity index (χ3v) is 1.22. The molecular weight excluding hydrogens is 201 g/mol. The highest BCUT2D eigenvalue weighted by atomic mass is 19.4. The molecule has 0 aromatic carbocycles. The number of hydrogen-bond donors (Lipinski definition) is 0. The molecule has 0 aliphatic carbocycles. The highest BCUT2D eigenvalue weighted by Gasteiger charge is 2.28. The van der Waals surface area contributed by atoms with Crippen LogP contribution in [0.1, 0.15) is 13.8 Å². The quantitative estimate of drug-likeness (QED) is 0.609. The maximum absolute atomic E-state index is 11.7. The van der Waals surface area contributed by atoms with Gasteiger partial charge in [0, 0.05) is 13.2 Å². The molecule has 86 valence electrons. The second-order valence-corrected chi connectivity index (χ2v) is 2.47. The van der Waals surface area contributed by atoms with Crippen molar-refractivity contribution in [3.8, 4) is 0 Å². The van der Waals surface area contributed by atoms with Gasteiger partial charge < -0.3 is 14.2 Å². The van der Waals surface area contributed by atoms with E-state index in [2.05, 4.69) is 4.74 Å². The summed E-state index contributed by atoms with van der Waals surface area (Å²) in [5.41, 5.74) is 0. The Labute approximate surface area is 81.1 Å². The van der Waals surface area contributed by atoms with Crippen LogP contribution in [-0.2, 0) is 14.2 Å². The van der Waals surface area contributed by atoms with Crippen molar-refractivity contribution in [3.63, 3.8) is 0 Å². The van der Waals surface area contributed by atoms with E-state index in [0.717, 1.165) is 0 Å². The second-order valence-electron chi connectivity index (χ2n) is 2.47. The molecule has 14 heavy (non-hydrogen) atoms. The van der Waals surface area contributed by atoms with Crippen LogP contribution in [0.2, 0.25) is 0 Å². The van der Waals surface area contributed by atoms with Crippen molar-refractivity contribution in [3.05, 3.63) is 0 Å². The van der Waals surface area contributed by atoms with E-state index in [-0.39, 0.29) is 6.61 Å². The van der Waals surface area contributed by atoms with Gasteiger partial charge in [0.1, 0.15) is 6.61 Å². The molecule has 0 heterocycles. The van der Waals surface area contributed by atoms with Crippen LogP contribution in [0.4, 0.5) is 13.2 Å². The van der Waals surface area contributed by atoms with Gasteiger partial charge in [-0.25, -0.2) is 0 Å². The summed E-state index contributed by atoms with van der Waals surface area (Å²) in [6, 6.07) is 0. The molecule has 0 amide bonds. The Bertz CT molecular complexity index is 132. The minimum Gasteiger partial charge on any atom is -0.367 e. The number of ether oxygens (including phenoxy) is 3. The molecule has 0 saturated heterocycles. The molecule has 0 saturated carbocycles. The Kier molecular flexibility index (Phi) is 6.86. The molecule has 0 unspecified atom stereocenters. The van der Waals surface area contributed by atoms with Crippen LogP contribution in [0.15, 0.2) is 0 Å². The van der Waals surface area contributed by atoms with Gasteiger partial charge >= 0.3 is 6.18 Å². The van der Waals surface area contributed by atoms with Gasteiger partial charge in [0.25, 0.3) is 0 Å². The van der Waals surface area contributed by atoms with E-state index in [0.29, 0.717) is 13.2 Å². The summed E-state index contributed by atoms with van der Waals surface area (Å²) in [5, 5.41) is 0. The van der Waals surface area contributed by atoms with Crippen molar-refractivity contribution in [1.29, 1.82) is 0 Å². The van der Waals surface area contributed by atoms with Crippen molar-refractivity contribution in [1.82, 2.24) is 0 Å². The lowest BCUT2D eigenvalue weighted by atomic mass is 10.6. The highest BCUT2D eigenvalue weighted by Crippen LogP contribution is 2.14. The molecular formula is C8H15F3O3. The van der Waals surface area contributed by atoms with Gasteiger partial charge in [-0.05, 0) is 13.8 Å². The average molecular weight is 216 g/mol. The van der Waals surface area contributed by atoms with Crippen molar-refractivity contribution < 1.29 is 27.4 Å². The van der Waals surface area contributed by atoms with Crippen LogP contribution in [0.3, 0.4) is 0 Å². The molecule has 0 bridgehead atoms. The summed E-state index contributed by atoms with van der Waals surface area (Å²) in [6.07, 6.45) is -5.02. The maximum Gasteiger partial charge on any atom is 0.411 e. The Hall–Kier alpha value is -0.330. The normalized spacial score (nSPS) is 12.4. The standard InChI is InChI=1S/C8H15F3O3/c1-3-13-7(14-4-2)5-12-6-8(9,10)11/h7H,3-6H2,1-2H3. The molecule has 0 aromatic heterocycles. The van der Waals surface area contributed by atoms with E-state index in [9.17, 15) is 13.2 Å². The van der Waals surface area contributed by atoms with Gasteiger partial charge in [0.15, 0.2) is 6.29 Å². The van der Waals surface area contributed by atoms with Gasteiger partial charge in [0.2, 0.25) is 0 Å². The lowest BCUT2D eigenvalue weighted by Gasteiger charge is -2.17. The topological polar surface area (TPSA) is 27.7 Å². The van der Waals surface area contributed by atoms with E-state index in [4.69, 9.17) is 9.47 Å². The SMILES string of the molecule is CCOC(COCC(F)(F)F)OCC. The number of rotatable bonds is 7. The predicted molar refractivity (Wildman–Crippen MR) is 43.9 cm³/mol. The van der Waals surface area contributed by atoms with Crippen LogP contribution in [-0.4, -0.2) is 38.9 Å². The minimum absolute atomic E-state index is 0.207. The first-order chi connectivity index (χ1) is 6.49. The number of hydrogen-bond acceptors (Lipinski definition) is 3. The van der Waals surface area contributed by atoms with Crippen LogP contribution in [0, 0.1) is 0 Å². The van der Waals surface area contributed by atoms with Crippen molar-refractivity contribution in [2.75, 3.05) is 26.4 Å². The Morgan fingerprint density at radius 2 is 1.57 bits per heavy atom. The molecule has 0 aromatic rings.